The van der Waals surface area contributed by atoms with E-state index < -0.39 is 0 Å². The first-order chi connectivity index (χ1) is 10.0. The Bertz CT molecular complexity index is 601. The number of aromatic amines is 1. The summed E-state index contributed by atoms with van der Waals surface area (Å²) in [5.74, 6) is 1.43. The van der Waals surface area contributed by atoms with Crippen LogP contribution < -0.4 is 14.9 Å². The van der Waals surface area contributed by atoms with E-state index in [0.29, 0.717) is 12.5 Å². The molecule has 0 fully saturated rings. The Morgan fingerprint density at radius 1 is 1.24 bits per heavy atom. The fourth-order valence-electron chi connectivity index (χ4n) is 1.90. The van der Waals surface area contributed by atoms with Crippen LogP contribution in [-0.4, -0.2) is 11.6 Å². The summed E-state index contributed by atoms with van der Waals surface area (Å²) in [6.45, 7) is 7.77. The van der Waals surface area contributed by atoms with Crippen LogP contribution in [0.15, 0.2) is 34.4 Å². The van der Waals surface area contributed by atoms with Gasteiger partial charge in [-0.05, 0) is 30.5 Å². The largest absolute Gasteiger partial charge is 0.493 e. The Morgan fingerprint density at radius 3 is 2.52 bits per heavy atom. The Hall–Kier alpha value is -1.59. The molecular weight excluding hydrogens is 284 g/mol. The van der Waals surface area contributed by atoms with Crippen LogP contribution in [-0.2, 0) is 6.54 Å². The third-order valence-corrected chi connectivity index (χ3v) is 3.85. The molecule has 0 aliphatic heterocycles. The van der Waals surface area contributed by atoms with Crippen molar-refractivity contribution >= 4 is 11.3 Å². The highest BCUT2D eigenvalue weighted by Gasteiger charge is 2.06. The summed E-state index contributed by atoms with van der Waals surface area (Å²) in [6, 6.07) is 8.37. The minimum atomic E-state index is -0.00823. The number of hydrogen-bond donors (Lipinski definition) is 2. The van der Waals surface area contributed by atoms with Gasteiger partial charge < -0.3 is 15.0 Å². The lowest BCUT2D eigenvalue weighted by molar-refractivity contribution is 0.271. The highest BCUT2D eigenvalue weighted by Crippen LogP contribution is 2.18. The molecule has 0 bridgehead atoms. The summed E-state index contributed by atoms with van der Waals surface area (Å²) < 4.78 is 5.68. The number of H-pyrrole nitrogens is 1. The Morgan fingerprint density at radius 2 is 1.95 bits per heavy atom. The number of ether oxygens (including phenoxy) is 1. The molecule has 4 nitrogen and oxygen atoms in total. The van der Waals surface area contributed by atoms with Crippen molar-refractivity contribution in [3.8, 4) is 5.75 Å². The summed E-state index contributed by atoms with van der Waals surface area (Å²) >= 11 is 1.19. The number of rotatable bonds is 7. The first kappa shape index (κ1) is 15.8. The molecule has 0 radical (unpaired) electrons. The normalized spacial score (nSPS) is 12.6. The second kappa shape index (κ2) is 7.43. The van der Waals surface area contributed by atoms with Crippen LogP contribution in [0.4, 0.5) is 0 Å². The van der Waals surface area contributed by atoms with Crippen LogP contribution in [0.3, 0.4) is 0 Å². The molecular formula is C16H22N2O2S. The van der Waals surface area contributed by atoms with Crippen molar-refractivity contribution < 1.29 is 4.74 Å². The molecule has 2 N–H and O–H groups in total. The van der Waals surface area contributed by atoms with Gasteiger partial charge in [0, 0.05) is 23.7 Å². The number of thiazole rings is 1. The van der Waals surface area contributed by atoms with Crippen molar-refractivity contribution in [3.05, 3.63) is 50.6 Å². The molecule has 1 heterocycles. The lowest BCUT2D eigenvalue weighted by atomic mass is 10.1. The zero-order valence-electron chi connectivity index (χ0n) is 12.7. The lowest BCUT2D eigenvalue weighted by Crippen LogP contribution is -2.18. The van der Waals surface area contributed by atoms with Crippen LogP contribution in [0.5, 0.6) is 5.75 Å². The predicted molar refractivity (Wildman–Crippen MR) is 87.0 cm³/mol. The third kappa shape index (κ3) is 5.02. The number of aromatic nitrogens is 1. The minimum absolute atomic E-state index is 0.00823. The molecule has 0 saturated heterocycles. The molecule has 0 saturated carbocycles. The van der Waals surface area contributed by atoms with Crippen LogP contribution in [0.2, 0.25) is 0 Å². The zero-order valence-corrected chi connectivity index (χ0v) is 13.5. The average molecular weight is 306 g/mol. The van der Waals surface area contributed by atoms with E-state index in [9.17, 15) is 4.79 Å². The molecule has 21 heavy (non-hydrogen) atoms. The second-order valence-corrected chi connectivity index (χ2v) is 6.39. The summed E-state index contributed by atoms with van der Waals surface area (Å²) in [7, 11) is 0. The zero-order chi connectivity index (χ0) is 15.2. The number of benzene rings is 1. The van der Waals surface area contributed by atoms with Crippen LogP contribution >= 0.6 is 11.3 Å². The lowest BCUT2D eigenvalue weighted by Gasteiger charge is -2.15. The molecule has 1 aromatic carbocycles. The van der Waals surface area contributed by atoms with Gasteiger partial charge in [0.25, 0.3) is 0 Å². The molecule has 2 rings (SSSR count). The van der Waals surface area contributed by atoms with E-state index in [4.69, 9.17) is 4.74 Å². The molecule has 0 aliphatic carbocycles. The summed E-state index contributed by atoms with van der Waals surface area (Å²) in [4.78, 5) is 13.9. The molecule has 0 aliphatic rings. The van der Waals surface area contributed by atoms with Gasteiger partial charge in [0.1, 0.15) is 5.75 Å². The maximum absolute atomic E-state index is 11.1. The van der Waals surface area contributed by atoms with Crippen molar-refractivity contribution in [1.29, 1.82) is 0 Å². The molecule has 5 heteroatoms. The van der Waals surface area contributed by atoms with Crippen molar-refractivity contribution in [2.24, 2.45) is 5.92 Å². The number of hydrogen-bond acceptors (Lipinski definition) is 4. The van der Waals surface area contributed by atoms with E-state index in [0.717, 1.165) is 18.1 Å². The average Bonchev–Trinajstić information content (AvgIpc) is 2.89. The van der Waals surface area contributed by atoms with Gasteiger partial charge in [-0.1, -0.05) is 37.3 Å². The Kier molecular flexibility index (Phi) is 5.59. The molecule has 114 valence electrons. The van der Waals surface area contributed by atoms with Crippen LogP contribution in [0.1, 0.15) is 38.1 Å². The van der Waals surface area contributed by atoms with Crippen molar-refractivity contribution in [2.45, 2.75) is 33.4 Å². The van der Waals surface area contributed by atoms with Gasteiger partial charge in [0.15, 0.2) is 0 Å². The molecule has 0 spiro atoms. The maximum Gasteiger partial charge on any atom is 0.304 e. The van der Waals surface area contributed by atoms with Gasteiger partial charge in [-0.25, -0.2) is 0 Å². The topological polar surface area (TPSA) is 54.1 Å². The van der Waals surface area contributed by atoms with Crippen LogP contribution in [0.25, 0.3) is 0 Å². The third-order valence-electron chi connectivity index (χ3n) is 3.13. The van der Waals surface area contributed by atoms with Gasteiger partial charge in [-0.15, -0.1) is 0 Å². The second-order valence-electron chi connectivity index (χ2n) is 5.55. The van der Waals surface area contributed by atoms with Crippen molar-refractivity contribution in [1.82, 2.24) is 10.3 Å². The number of nitrogens with one attached hydrogen (secondary N) is 2. The van der Waals surface area contributed by atoms with Gasteiger partial charge in [-0.3, -0.25) is 4.79 Å². The van der Waals surface area contributed by atoms with Crippen molar-refractivity contribution in [3.63, 3.8) is 0 Å². The Balaban J connectivity index is 1.87. The fourth-order valence-corrected chi connectivity index (χ4v) is 2.48. The highest BCUT2D eigenvalue weighted by atomic mass is 32.1. The Labute approximate surface area is 129 Å². The molecule has 1 unspecified atom stereocenters. The van der Waals surface area contributed by atoms with E-state index >= 15 is 0 Å². The quantitative estimate of drug-likeness (QED) is 0.825. The standard InChI is InChI=1S/C16H22N2O2S/c1-11(2)9-20-15-6-4-13(5-7-15)12(3)17-8-14-10-21-16(19)18-14/h4-7,10-12,17H,8-9H2,1-3H3,(H,18,19). The maximum atomic E-state index is 11.1. The van der Waals surface area contributed by atoms with E-state index in [1.807, 2.05) is 17.5 Å². The first-order valence-electron chi connectivity index (χ1n) is 7.17. The summed E-state index contributed by atoms with van der Waals surface area (Å²) in [5, 5.41) is 5.25. The monoisotopic (exact) mass is 306 g/mol. The van der Waals surface area contributed by atoms with Crippen LogP contribution in [0, 0.1) is 5.92 Å². The van der Waals surface area contributed by atoms with Crippen molar-refractivity contribution in [2.75, 3.05) is 6.61 Å². The van der Waals surface area contributed by atoms with E-state index in [1.165, 1.54) is 16.9 Å². The van der Waals surface area contributed by atoms with E-state index in [-0.39, 0.29) is 10.9 Å². The molecule has 1 aromatic heterocycles. The van der Waals surface area contributed by atoms with E-state index in [2.05, 4.69) is 43.2 Å². The van der Waals surface area contributed by atoms with Gasteiger partial charge >= 0.3 is 4.87 Å². The SMILES string of the molecule is CC(C)COc1ccc(C(C)NCc2csc(=O)[nH]2)cc1. The summed E-state index contributed by atoms with van der Waals surface area (Å²) in [5.41, 5.74) is 2.12. The van der Waals surface area contributed by atoms with Gasteiger partial charge in [-0.2, -0.15) is 0 Å². The minimum Gasteiger partial charge on any atom is -0.493 e. The van der Waals surface area contributed by atoms with Gasteiger partial charge in [0.2, 0.25) is 0 Å². The highest BCUT2D eigenvalue weighted by molar-refractivity contribution is 7.07. The smallest absolute Gasteiger partial charge is 0.304 e. The molecule has 2 aromatic rings. The first-order valence-corrected chi connectivity index (χ1v) is 8.05. The van der Waals surface area contributed by atoms with E-state index in [1.54, 1.807) is 0 Å². The fraction of sp³-hybridized carbons (Fsp3) is 0.438. The molecule has 0 amide bonds. The molecule has 1 atom stereocenters. The predicted octanol–water partition coefficient (Wildman–Crippen LogP) is 3.32. The van der Waals surface area contributed by atoms with Gasteiger partial charge in [0.05, 0.1) is 6.61 Å². The summed E-state index contributed by atoms with van der Waals surface area (Å²) in [6.07, 6.45) is 0.